The van der Waals surface area contributed by atoms with Crippen LogP contribution in [0.1, 0.15) is 25.0 Å². The van der Waals surface area contributed by atoms with Crippen LogP contribution in [0.25, 0.3) is 11.1 Å². The monoisotopic (exact) mass is 285 g/mol. The van der Waals surface area contributed by atoms with Gasteiger partial charge in [-0.25, -0.2) is 0 Å². The van der Waals surface area contributed by atoms with Crippen molar-refractivity contribution in [2.24, 2.45) is 0 Å². The number of benzene rings is 1. The molecule has 0 atom stereocenters. The van der Waals surface area contributed by atoms with Gasteiger partial charge in [-0.1, -0.05) is 6.07 Å². The molecule has 0 saturated heterocycles. The molecule has 1 N–H and O–H groups in total. The molecule has 1 aliphatic heterocycles. The van der Waals surface area contributed by atoms with Gasteiger partial charge in [0.1, 0.15) is 5.76 Å². The summed E-state index contributed by atoms with van der Waals surface area (Å²) in [4.78, 5) is 0. The van der Waals surface area contributed by atoms with E-state index in [1.165, 1.54) is 12.8 Å². The predicted molar refractivity (Wildman–Crippen MR) is 79.6 cm³/mol. The maximum atomic E-state index is 5.76. The molecule has 2 aliphatic rings. The Bertz CT molecular complexity index is 631. The van der Waals surface area contributed by atoms with E-state index < -0.39 is 0 Å². The number of hydrogen-bond donors (Lipinski definition) is 1. The van der Waals surface area contributed by atoms with Crippen molar-refractivity contribution in [3.8, 4) is 22.6 Å². The Morgan fingerprint density at radius 3 is 2.76 bits per heavy atom. The summed E-state index contributed by atoms with van der Waals surface area (Å²) in [6.07, 6.45) is 5.23. The molecule has 1 aromatic carbocycles. The summed E-state index contributed by atoms with van der Waals surface area (Å²) in [6.45, 7) is 2.20. The molecule has 4 nitrogen and oxygen atoms in total. The number of rotatable bonds is 4. The second kappa shape index (κ2) is 5.45. The third-order valence-corrected chi connectivity index (χ3v) is 3.93. The van der Waals surface area contributed by atoms with Gasteiger partial charge in [-0.2, -0.15) is 0 Å². The first-order valence-electron chi connectivity index (χ1n) is 7.60. The van der Waals surface area contributed by atoms with Crippen LogP contribution >= 0.6 is 0 Å². The molecule has 0 spiro atoms. The van der Waals surface area contributed by atoms with Gasteiger partial charge >= 0.3 is 0 Å². The van der Waals surface area contributed by atoms with Crippen molar-refractivity contribution in [2.75, 3.05) is 13.2 Å². The van der Waals surface area contributed by atoms with Gasteiger partial charge in [0.2, 0.25) is 0 Å². The number of ether oxygens (including phenoxy) is 2. The van der Waals surface area contributed by atoms with Crippen LogP contribution in [0.15, 0.2) is 34.9 Å². The fourth-order valence-electron chi connectivity index (χ4n) is 2.59. The Labute approximate surface area is 124 Å². The average Bonchev–Trinajstić information content (AvgIpc) is 3.27. The maximum Gasteiger partial charge on any atom is 0.161 e. The van der Waals surface area contributed by atoms with Gasteiger partial charge in [-0.3, -0.25) is 0 Å². The highest BCUT2D eigenvalue weighted by Gasteiger charge is 2.21. The minimum atomic E-state index is 0.673. The number of nitrogens with one attached hydrogen (secondary N) is 1. The van der Waals surface area contributed by atoms with Crippen LogP contribution in [0.5, 0.6) is 11.5 Å². The van der Waals surface area contributed by atoms with Gasteiger partial charge in [0.15, 0.2) is 11.5 Å². The number of fused-ring (bicyclic) bond motifs is 1. The highest BCUT2D eigenvalue weighted by molar-refractivity contribution is 5.69. The van der Waals surface area contributed by atoms with Gasteiger partial charge < -0.3 is 19.2 Å². The van der Waals surface area contributed by atoms with Crippen molar-refractivity contribution in [3.63, 3.8) is 0 Å². The molecule has 0 amide bonds. The largest absolute Gasteiger partial charge is 0.490 e. The highest BCUT2D eigenvalue weighted by atomic mass is 16.5. The van der Waals surface area contributed by atoms with Crippen molar-refractivity contribution < 1.29 is 13.9 Å². The van der Waals surface area contributed by atoms with E-state index in [-0.39, 0.29) is 0 Å². The first-order valence-corrected chi connectivity index (χ1v) is 7.60. The first-order chi connectivity index (χ1) is 10.4. The SMILES string of the molecule is c1cc(-c2ccc3c(c2)OCCCO3)c(CNC2CC2)o1. The van der Waals surface area contributed by atoms with Gasteiger partial charge in [-0.05, 0) is 36.6 Å². The summed E-state index contributed by atoms with van der Waals surface area (Å²) < 4.78 is 17.1. The zero-order valence-corrected chi connectivity index (χ0v) is 11.9. The lowest BCUT2D eigenvalue weighted by Crippen LogP contribution is -2.15. The standard InChI is InChI=1S/C17H19NO3/c1-7-19-15-5-2-12(10-16(15)20-8-1)14-6-9-21-17(14)11-18-13-3-4-13/h2,5-6,9-10,13,18H,1,3-4,7-8,11H2. The molecular formula is C17H19NO3. The van der Waals surface area contributed by atoms with E-state index in [0.717, 1.165) is 41.4 Å². The topological polar surface area (TPSA) is 43.6 Å². The Morgan fingerprint density at radius 1 is 1.05 bits per heavy atom. The third-order valence-electron chi connectivity index (χ3n) is 3.93. The van der Waals surface area contributed by atoms with E-state index in [1.54, 1.807) is 6.26 Å². The lowest BCUT2D eigenvalue weighted by Gasteiger charge is -2.10. The van der Waals surface area contributed by atoms with Crippen molar-refractivity contribution in [1.29, 1.82) is 0 Å². The van der Waals surface area contributed by atoms with E-state index in [4.69, 9.17) is 13.9 Å². The summed E-state index contributed by atoms with van der Waals surface area (Å²) >= 11 is 0. The Balaban J connectivity index is 1.60. The quantitative estimate of drug-likeness (QED) is 0.935. The predicted octanol–water partition coefficient (Wildman–Crippen LogP) is 3.36. The van der Waals surface area contributed by atoms with Crippen LogP contribution in [0.2, 0.25) is 0 Å². The van der Waals surface area contributed by atoms with Crippen LogP contribution in [-0.2, 0) is 6.54 Å². The van der Waals surface area contributed by atoms with Gasteiger partial charge in [0.25, 0.3) is 0 Å². The molecule has 1 fully saturated rings. The van der Waals surface area contributed by atoms with Crippen LogP contribution in [0.3, 0.4) is 0 Å². The number of hydrogen-bond acceptors (Lipinski definition) is 4. The highest BCUT2D eigenvalue weighted by Crippen LogP contribution is 2.35. The van der Waals surface area contributed by atoms with E-state index in [9.17, 15) is 0 Å². The van der Waals surface area contributed by atoms with Crippen LogP contribution < -0.4 is 14.8 Å². The van der Waals surface area contributed by atoms with E-state index >= 15 is 0 Å². The molecule has 2 heterocycles. The van der Waals surface area contributed by atoms with Gasteiger partial charge in [0.05, 0.1) is 26.0 Å². The Morgan fingerprint density at radius 2 is 1.90 bits per heavy atom. The Kier molecular flexibility index (Phi) is 3.31. The lowest BCUT2D eigenvalue weighted by atomic mass is 10.1. The molecule has 1 aromatic heterocycles. The molecule has 110 valence electrons. The fraction of sp³-hybridized carbons (Fsp3) is 0.412. The molecule has 21 heavy (non-hydrogen) atoms. The normalized spacial score (nSPS) is 17.5. The number of furan rings is 1. The molecule has 0 radical (unpaired) electrons. The minimum Gasteiger partial charge on any atom is -0.490 e. The average molecular weight is 285 g/mol. The van der Waals surface area contributed by atoms with Crippen LogP contribution in [0, 0.1) is 0 Å². The van der Waals surface area contributed by atoms with Crippen molar-refractivity contribution in [2.45, 2.75) is 31.8 Å². The zero-order valence-electron chi connectivity index (χ0n) is 11.9. The second-order valence-corrected chi connectivity index (χ2v) is 5.62. The molecule has 1 aliphatic carbocycles. The van der Waals surface area contributed by atoms with E-state index in [0.29, 0.717) is 19.3 Å². The molecule has 4 rings (SSSR count). The molecular weight excluding hydrogens is 266 g/mol. The molecule has 1 saturated carbocycles. The first kappa shape index (κ1) is 12.8. The molecule has 0 bridgehead atoms. The van der Waals surface area contributed by atoms with E-state index in [1.807, 2.05) is 18.2 Å². The second-order valence-electron chi connectivity index (χ2n) is 5.62. The van der Waals surface area contributed by atoms with Gasteiger partial charge in [-0.15, -0.1) is 0 Å². The molecule has 0 unspecified atom stereocenters. The summed E-state index contributed by atoms with van der Waals surface area (Å²) in [7, 11) is 0. The summed E-state index contributed by atoms with van der Waals surface area (Å²) in [5.74, 6) is 2.64. The fourth-order valence-corrected chi connectivity index (χ4v) is 2.59. The molecule has 2 aromatic rings. The minimum absolute atomic E-state index is 0.673. The smallest absolute Gasteiger partial charge is 0.161 e. The lowest BCUT2D eigenvalue weighted by molar-refractivity contribution is 0.297. The molecule has 4 heteroatoms. The van der Waals surface area contributed by atoms with Gasteiger partial charge in [0, 0.05) is 18.0 Å². The van der Waals surface area contributed by atoms with E-state index in [2.05, 4.69) is 11.4 Å². The summed E-state index contributed by atoms with van der Waals surface area (Å²) in [5.41, 5.74) is 2.24. The van der Waals surface area contributed by atoms with Crippen molar-refractivity contribution in [1.82, 2.24) is 5.32 Å². The summed E-state index contributed by atoms with van der Waals surface area (Å²) in [6, 6.07) is 8.79. The zero-order chi connectivity index (χ0) is 14.1. The third kappa shape index (κ3) is 2.76. The van der Waals surface area contributed by atoms with Crippen LogP contribution in [-0.4, -0.2) is 19.3 Å². The van der Waals surface area contributed by atoms with Crippen LogP contribution in [0.4, 0.5) is 0 Å². The van der Waals surface area contributed by atoms with Crippen molar-refractivity contribution in [3.05, 3.63) is 36.3 Å². The Hall–Kier alpha value is -1.94. The van der Waals surface area contributed by atoms with Crippen molar-refractivity contribution >= 4 is 0 Å². The summed E-state index contributed by atoms with van der Waals surface area (Å²) in [5, 5.41) is 3.49. The maximum absolute atomic E-state index is 5.76.